The van der Waals surface area contributed by atoms with Crippen LogP contribution in [0, 0.1) is 19.7 Å². The SMILES string of the molecule is Cc1cc(-n2cccn2)ccc1CNC(C)c1cnn(-c2cccc(F)c2)c1C. The molecule has 0 saturated carbocycles. The molecule has 2 aromatic carbocycles. The first-order valence-corrected chi connectivity index (χ1v) is 9.66. The highest BCUT2D eigenvalue weighted by molar-refractivity contribution is 5.40. The van der Waals surface area contributed by atoms with E-state index in [1.165, 1.54) is 23.3 Å². The van der Waals surface area contributed by atoms with Gasteiger partial charge in [-0.1, -0.05) is 12.1 Å². The zero-order chi connectivity index (χ0) is 20.4. The van der Waals surface area contributed by atoms with Gasteiger partial charge in [-0.15, -0.1) is 0 Å². The van der Waals surface area contributed by atoms with Gasteiger partial charge in [-0.2, -0.15) is 10.2 Å². The van der Waals surface area contributed by atoms with Gasteiger partial charge < -0.3 is 5.32 Å². The number of nitrogens with one attached hydrogen (secondary N) is 1. The van der Waals surface area contributed by atoms with Gasteiger partial charge in [0.1, 0.15) is 5.82 Å². The topological polar surface area (TPSA) is 47.7 Å². The molecular weight excluding hydrogens is 365 g/mol. The van der Waals surface area contributed by atoms with Crippen LogP contribution in [0.3, 0.4) is 0 Å². The summed E-state index contributed by atoms with van der Waals surface area (Å²) >= 11 is 0. The molecule has 4 rings (SSSR count). The number of nitrogens with zero attached hydrogens (tertiary/aromatic N) is 4. The monoisotopic (exact) mass is 389 g/mol. The largest absolute Gasteiger partial charge is 0.306 e. The molecule has 0 spiro atoms. The van der Waals surface area contributed by atoms with Crippen LogP contribution in [-0.4, -0.2) is 19.6 Å². The van der Waals surface area contributed by atoms with E-state index in [0.29, 0.717) is 0 Å². The summed E-state index contributed by atoms with van der Waals surface area (Å²) in [5.41, 5.74) is 6.33. The van der Waals surface area contributed by atoms with Gasteiger partial charge in [0.15, 0.2) is 0 Å². The molecule has 2 heterocycles. The molecule has 1 unspecified atom stereocenters. The van der Waals surface area contributed by atoms with Gasteiger partial charge in [-0.25, -0.2) is 13.8 Å². The molecule has 0 aliphatic heterocycles. The number of hydrogen-bond donors (Lipinski definition) is 1. The molecule has 0 aliphatic rings. The predicted molar refractivity (Wildman–Crippen MR) is 112 cm³/mol. The number of benzene rings is 2. The molecule has 6 heteroatoms. The summed E-state index contributed by atoms with van der Waals surface area (Å²) in [4.78, 5) is 0. The number of halogens is 1. The lowest BCUT2D eigenvalue weighted by molar-refractivity contribution is 0.570. The Morgan fingerprint density at radius 3 is 2.62 bits per heavy atom. The summed E-state index contributed by atoms with van der Waals surface area (Å²) in [6, 6.07) is 14.9. The van der Waals surface area contributed by atoms with E-state index in [1.807, 2.05) is 36.1 Å². The van der Waals surface area contributed by atoms with Crippen molar-refractivity contribution in [3.05, 3.63) is 95.3 Å². The molecule has 0 fully saturated rings. The van der Waals surface area contributed by atoms with Gasteiger partial charge >= 0.3 is 0 Å². The molecule has 1 atom stereocenters. The third kappa shape index (κ3) is 3.98. The highest BCUT2D eigenvalue weighted by Crippen LogP contribution is 2.22. The second kappa shape index (κ2) is 8.01. The van der Waals surface area contributed by atoms with Gasteiger partial charge in [0.25, 0.3) is 0 Å². The average Bonchev–Trinajstić information content (AvgIpc) is 3.37. The lowest BCUT2D eigenvalue weighted by atomic mass is 10.1. The molecule has 5 nitrogen and oxygen atoms in total. The highest BCUT2D eigenvalue weighted by atomic mass is 19.1. The molecule has 29 heavy (non-hydrogen) atoms. The van der Waals surface area contributed by atoms with Crippen molar-refractivity contribution in [2.24, 2.45) is 0 Å². The zero-order valence-corrected chi connectivity index (χ0v) is 16.8. The maximum atomic E-state index is 13.6. The number of aromatic nitrogens is 4. The molecular formula is C23H24FN5. The van der Waals surface area contributed by atoms with Crippen LogP contribution in [0.4, 0.5) is 4.39 Å². The summed E-state index contributed by atoms with van der Waals surface area (Å²) in [5, 5.41) is 12.3. The number of aryl methyl sites for hydroxylation is 1. The van der Waals surface area contributed by atoms with E-state index in [0.717, 1.165) is 29.2 Å². The molecule has 4 aromatic rings. The summed E-state index contributed by atoms with van der Waals surface area (Å²) in [6.45, 7) is 6.99. The highest BCUT2D eigenvalue weighted by Gasteiger charge is 2.15. The Balaban J connectivity index is 1.47. The summed E-state index contributed by atoms with van der Waals surface area (Å²) < 4.78 is 17.2. The lowest BCUT2D eigenvalue weighted by Crippen LogP contribution is -2.19. The Labute approximate surface area is 169 Å². The summed E-state index contributed by atoms with van der Waals surface area (Å²) in [5.74, 6) is -0.265. The second-order valence-corrected chi connectivity index (χ2v) is 7.24. The van der Waals surface area contributed by atoms with Gasteiger partial charge in [0.2, 0.25) is 0 Å². The quantitative estimate of drug-likeness (QED) is 0.522. The fourth-order valence-electron chi connectivity index (χ4n) is 3.53. The fraction of sp³-hybridized carbons (Fsp3) is 0.217. The van der Waals surface area contributed by atoms with Gasteiger partial charge in [-0.3, -0.25) is 0 Å². The van der Waals surface area contributed by atoms with Crippen LogP contribution in [0.25, 0.3) is 11.4 Å². The normalized spacial score (nSPS) is 12.3. The molecule has 0 aliphatic carbocycles. The van der Waals surface area contributed by atoms with Crippen LogP contribution < -0.4 is 5.32 Å². The Kier molecular flexibility index (Phi) is 5.27. The van der Waals surface area contributed by atoms with Crippen molar-refractivity contribution in [1.82, 2.24) is 24.9 Å². The molecule has 1 N–H and O–H groups in total. The standard InChI is InChI=1S/C23H24FN5/c1-16-12-21(28-11-5-10-26-28)9-8-19(16)14-25-17(2)23-15-27-29(18(23)3)22-7-4-6-20(24)13-22/h4-13,15,17,25H,14H2,1-3H3. The first-order valence-electron chi connectivity index (χ1n) is 9.66. The van der Waals surface area contributed by atoms with Crippen LogP contribution in [0.15, 0.2) is 67.1 Å². The van der Waals surface area contributed by atoms with E-state index in [4.69, 9.17) is 0 Å². The maximum Gasteiger partial charge on any atom is 0.125 e. The van der Waals surface area contributed by atoms with Crippen LogP contribution >= 0.6 is 0 Å². The van der Waals surface area contributed by atoms with Crippen molar-refractivity contribution in [3.63, 3.8) is 0 Å². The van der Waals surface area contributed by atoms with Gasteiger partial charge in [0.05, 0.1) is 17.6 Å². The van der Waals surface area contributed by atoms with Crippen LogP contribution in [0.2, 0.25) is 0 Å². The molecule has 0 radical (unpaired) electrons. The Bertz CT molecular complexity index is 1110. The van der Waals surface area contributed by atoms with E-state index in [2.05, 4.69) is 47.6 Å². The summed E-state index contributed by atoms with van der Waals surface area (Å²) in [6.07, 6.45) is 5.57. The first kappa shape index (κ1) is 19.1. The third-order valence-corrected chi connectivity index (χ3v) is 5.26. The van der Waals surface area contributed by atoms with Crippen LogP contribution in [-0.2, 0) is 6.54 Å². The van der Waals surface area contributed by atoms with E-state index < -0.39 is 0 Å². The van der Waals surface area contributed by atoms with Crippen LogP contribution in [0.5, 0.6) is 0 Å². The molecule has 148 valence electrons. The molecule has 0 bridgehead atoms. The van der Waals surface area contributed by atoms with Crippen molar-refractivity contribution in [2.45, 2.75) is 33.4 Å². The Hall–Kier alpha value is -3.25. The maximum absolute atomic E-state index is 13.6. The Morgan fingerprint density at radius 2 is 1.90 bits per heavy atom. The van der Waals surface area contributed by atoms with Crippen molar-refractivity contribution in [2.75, 3.05) is 0 Å². The fourth-order valence-corrected chi connectivity index (χ4v) is 3.53. The Morgan fingerprint density at radius 1 is 1.03 bits per heavy atom. The average molecular weight is 389 g/mol. The van der Waals surface area contributed by atoms with E-state index >= 15 is 0 Å². The number of rotatable bonds is 6. The second-order valence-electron chi connectivity index (χ2n) is 7.24. The number of hydrogen-bond acceptors (Lipinski definition) is 3. The van der Waals surface area contributed by atoms with Gasteiger partial charge in [-0.05, 0) is 68.3 Å². The van der Waals surface area contributed by atoms with Crippen molar-refractivity contribution in [1.29, 1.82) is 0 Å². The van der Waals surface area contributed by atoms with Crippen molar-refractivity contribution >= 4 is 0 Å². The smallest absolute Gasteiger partial charge is 0.125 e. The van der Waals surface area contributed by atoms with Crippen molar-refractivity contribution in [3.8, 4) is 11.4 Å². The summed E-state index contributed by atoms with van der Waals surface area (Å²) in [7, 11) is 0. The van der Waals surface area contributed by atoms with Crippen molar-refractivity contribution < 1.29 is 4.39 Å². The van der Waals surface area contributed by atoms with E-state index in [9.17, 15) is 4.39 Å². The third-order valence-electron chi connectivity index (χ3n) is 5.26. The zero-order valence-electron chi connectivity index (χ0n) is 16.8. The minimum absolute atomic E-state index is 0.113. The lowest BCUT2D eigenvalue weighted by Gasteiger charge is -2.16. The minimum atomic E-state index is -0.265. The van der Waals surface area contributed by atoms with E-state index in [1.54, 1.807) is 16.9 Å². The van der Waals surface area contributed by atoms with E-state index in [-0.39, 0.29) is 11.9 Å². The molecule has 2 aromatic heterocycles. The van der Waals surface area contributed by atoms with Crippen LogP contribution in [0.1, 0.15) is 35.3 Å². The predicted octanol–water partition coefficient (Wildman–Crippen LogP) is 4.66. The molecule has 0 saturated heterocycles. The first-order chi connectivity index (χ1) is 14.0. The van der Waals surface area contributed by atoms with Gasteiger partial charge in [0, 0.05) is 36.2 Å². The minimum Gasteiger partial charge on any atom is -0.306 e. The molecule has 0 amide bonds.